The van der Waals surface area contributed by atoms with Crippen molar-refractivity contribution in [2.45, 2.75) is 6.92 Å². The molecule has 0 aliphatic carbocycles. The predicted octanol–water partition coefficient (Wildman–Crippen LogP) is 1.60. The van der Waals surface area contributed by atoms with Crippen molar-refractivity contribution in [1.29, 1.82) is 0 Å². The molecule has 0 spiro atoms. The van der Waals surface area contributed by atoms with Gasteiger partial charge >= 0.3 is 0 Å². The van der Waals surface area contributed by atoms with E-state index < -0.39 is 0 Å². The summed E-state index contributed by atoms with van der Waals surface area (Å²) in [6.07, 6.45) is 0. The summed E-state index contributed by atoms with van der Waals surface area (Å²) in [5.74, 6) is -0.0370. The lowest BCUT2D eigenvalue weighted by atomic mass is 10.1. The first-order valence-corrected chi connectivity index (χ1v) is 3.53. The summed E-state index contributed by atoms with van der Waals surface area (Å²) in [6, 6.07) is 7.47. The maximum atomic E-state index is 11.0. The van der Waals surface area contributed by atoms with Gasteiger partial charge in [-0.2, -0.15) is 0 Å². The number of aryl methyl sites for hydroxylation is 1. The van der Waals surface area contributed by atoms with Gasteiger partial charge in [0.2, 0.25) is 0 Å². The molecule has 1 aromatic carbocycles. The van der Waals surface area contributed by atoms with Crippen LogP contribution in [0.5, 0.6) is 0 Å². The zero-order valence-electron chi connectivity index (χ0n) is 6.72. The van der Waals surface area contributed by atoms with Crippen molar-refractivity contribution in [1.82, 2.24) is 5.32 Å². The second-order valence-electron chi connectivity index (χ2n) is 2.45. The Hall–Kier alpha value is -1.31. The number of carbonyl (C=O) groups is 1. The van der Waals surface area contributed by atoms with Crippen LogP contribution in [-0.4, -0.2) is 13.0 Å². The molecule has 0 bridgehead atoms. The zero-order valence-corrected chi connectivity index (χ0v) is 6.72. The first-order chi connectivity index (χ1) is 5.24. The van der Waals surface area contributed by atoms with E-state index in [0.29, 0.717) is 5.56 Å². The monoisotopic (exact) mass is 151 g/mol. The van der Waals surface area contributed by atoms with Crippen LogP contribution < -0.4 is 5.32 Å². The van der Waals surface area contributed by atoms with Gasteiger partial charge in [0.1, 0.15) is 0 Å². The molecule has 0 radical (unpaired) electrons. The van der Waals surface area contributed by atoms with Crippen LogP contribution in [0.25, 0.3) is 0 Å². The third-order valence-corrected chi connectivity index (χ3v) is 1.54. The van der Waals surface area contributed by atoms with Gasteiger partial charge in [-0.15, -0.1) is 0 Å². The molecular formula is C9H13NO. The molecule has 0 aromatic heterocycles. The van der Waals surface area contributed by atoms with Gasteiger partial charge in [0, 0.05) is 14.0 Å². The molecule has 0 fully saturated rings. The maximum absolute atomic E-state index is 11.0. The van der Waals surface area contributed by atoms with Crippen molar-refractivity contribution in [3.05, 3.63) is 35.4 Å². The number of benzene rings is 1. The number of amides is 1. The smallest absolute Gasteiger partial charge is 0.251 e. The van der Waals surface area contributed by atoms with Crippen molar-refractivity contribution in [3.63, 3.8) is 0 Å². The number of rotatable bonds is 1. The summed E-state index contributed by atoms with van der Waals surface area (Å²) in [5, 5.41) is 2.56. The molecule has 0 saturated carbocycles. The van der Waals surface area contributed by atoms with Gasteiger partial charge < -0.3 is 5.32 Å². The van der Waals surface area contributed by atoms with Gasteiger partial charge in [-0.1, -0.05) is 17.7 Å². The minimum absolute atomic E-state index is 0. The largest absolute Gasteiger partial charge is 0.355 e. The molecule has 0 heterocycles. The molecule has 2 nitrogen and oxygen atoms in total. The van der Waals surface area contributed by atoms with E-state index in [-0.39, 0.29) is 7.33 Å². The minimum Gasteiger partial charge on any atom is -0.355 e. The Morgan fingerprint density at radius 1 is 1.36 bits per heavy atom. The van der Waals surface area contributed by atoms with Gasteiger partial charge in [-0.25, -0.2) is 0 Å². The van der Waals surface area contributed by atoms with Crippen molar-refractivity contribution >= 4 is 5.91 Å². The van der Waals surface area contributed by atoms with E-state index in [1.807, 2.05) is 31.2 Å². The standard InChI is InChI=1S/C9H11NO.H2/c1-7-3-5-8(6-4-7)9(11)10-2;/h3-6H,1-2H3,(H,10,11);1H. The lowest BCUT2D eigenvalue weighted by Gasteiger charge is -1.98. The molecule has 0 aliphatic heterocycles. The van der Waals surface area contributed by atoms with Gasteiger partial charge in [0.05, 0.1) is 0 Å². The number of nitrogens with one attached hydrogen (secondary N) is 1. The Balaban J connectivity index is 0.00000121. The summed E-state index contributed by atoms with van der Waals surface area (Å²) in [4.78, 5) is 11.0. The average molecular weight is 151 g/mol. The van der Waals surface area contributed by atoms with E-state index in [1.165, 1.54) is 0 Å². The van der Waals surface area contributed by atoms with Crippen LogP contribution in [0.1, 0.15) is 17.3 Å². The molecule has 0 atom stereocenters. The quantitative estimate of drug-likeness (QED) is 0.649. The van der Waals surface area contributed by atoms with Crippen molar-refractivity contribution in [2.75, 3.05) is 7.05 Å². The van der Waals surface area contributed by atoms with Crippen molar-refractivity contribution in [2.24, 2.45) is 0 Å². The van der Waals surface area contributed by atoms with Gasteiger partial charge in [0.25, 0.3) is 5.91 Å². The molecule has 11 heavy (non-hydrogen) atoms. The molecule has 60 valence electrons. The van der Waals surface area contributed by atoms with Gasteiger partial charge in [-0.05, 0) is 19.1 Å². The summed E-state index contributed by atoms with van der Waals surface area (Å²) in [7, 11) is 1.63. The molecular weight excluding hydrogens is 138 g/mol. The molecule has 0 saturated heterocycles. The van der Waals surface area contributed by atoms with Crippen LogP contribution in [0.2, 0.25) is 0 Å². The summed E-state index contributed by atoms with van der Waals surface area (Å²) >= 11 is 0. The Morgan fingerprint density at radius 3 is 2.36 bits per heavy atom. The Bertz CT molecular complexity index is 256. The molecule has 0 aliphatic rings. The molecule has 1 N–H and O–H groups in total. The Labute approximate surface area is 67.7 Å². The first kappa shape index (κ1) is 7.79. The SMILES string of the molecule is CNC(=O)c1ccc(C)cc1.[HH]. The van der Waals surface area contributed by atoms with E-state index in [9.17, 15) is 4.79 Å². The second-order valence-corrected chi connectivity index (χ2v) is 2.45. The first-order valence-electron chi connectivity index (χ1n) is 3.53. The molecule has 1 aromatic rings. The summed E-state index contributed by atoms with van der Waals surface area (Å²) in [6.45, 7) is 1.99. The van der Waals surface area contributed by atoms with Crippen LogP contribution in [0.4, 0.5) is 0 Å². The van der Waals surface area contributed by atoms with E-state index >= 15 is 0 Å². The van der Waals surface area contributed by atoms with E-state index in [4.69, 9.17) is 0 Å². The second kappa shape index (κ2) is 3.19. The molecule has 1 amide bonds. The number of carbonyl (C=O) groups excluding carboxylic acids is 1. The van der Waals surface area contributed by atoms with Crippen LogP contribution >= 0.6 is 0 Å². The molecule has 2 heteroatoms. The average Bonchev–Trinajstić information content (AvgIpc) is 2.05. The highest BCUT2D eigenvalue weighted by atomic mass is 16.1. The van der Waals surface area contributed by atoms with Crippen molar-refractivity contribution < 1.29 is 6.22 Å². The van der Waals surface area contributed by atoms with Gasteiger partial charge in [0.15, 0.2) is 0 Å². The summed E-state index contributed by atoms with van der Waals surface area (Å²) < 4.78 is 0. The fourth-order valence-electron chi connectivity index (χ4n) is 0.849. The summed E-state index contributed by atoms with van der Waals surface area (Å²) in [5.41, 5.74) is 1.87. The van der Waals surface area contributed by atoms with E-state index in [0.717, 1.165) is 5.56 Å². The zero-order chi connectivity index (χ0) is 8.27. The van der Waals surface area contributed by atoms with Gasteiger partial charge in [-0.3, -0.25) is 4.79 Å². The molecule has 0 unspecified atom stereocenters. The highest BCUT2D eigenvalue weighted by Gasteiger charge is 1.99. The normalized spacial score (nSPS) is 9.27. The Kier molecular flexibility index (Phi) is 2.26. The van der Waals surface area contributed by atoms with Crippen LogP contribution in [0.15, 0.2) is 24.3 Å². The van der Waals surface area contributed by atoms with E-state index in [2.05, 4.69) is 5.32 Å². The molecule has 1 rings (SSSR count). The number of hydrogen-bond donors (Lipinski definition) is 1. The predicted molar refractivity (Wildman–Crippen MR) is 46.7 cm³/mol. The number of hydrogen-bond acceptors (Lipinski definition) is 1. The lowest BCUT2D eigenvalue weighted by molar-refractivity contribution is 0.0963. The van der Waals surface area contributed by atoms with Crippen LogP contribution in [0.3, 0.4) is 0 Å². The van der Waals surface area contributed by atoms with Crippen LogP contribution in [0, 0.1) is 6.92 Å². The fraction of sp³-hybridized carbons (Fsp3) is 0.222. The Morgan fingerprint density at radius 2 is 1.91 bits per heavy atom. The minimum atomic E-state index is -0.0370. The third kappa shape index (κ3) is 1.80. The topological polar surface area (TPSA) is 29.1 Å². The maximum Gasteiger partial charge on any atom is 0.251 e. The van der Waals surface area contributed by atoms with E-state index in [1.54, 1.807) is 7.05 Å². The fourth-order valence-corrected chi connectivity index (χ4v) is 0.849. The highest BCUT2D eigenvalue weighted by molar-refractivity contribution is 5.93. The third-order valence-electron chi connectivity index (χ3n) is 1.54. The highest BCUT2D eigenvalue weighted by Crippen LogP contribution is 2.01. The van der Waals surface area contributed by atoms with Crippen molar-refractivity contribution in [3.8, 4) is 0 Å². The lowest BCUT2D eigenvalue weighted by Crippen LogP contribution is -2.17. The van der Waals surface area contributed by atoms with Crippen LogP contribution in [-0.2, 0) is 0 Å².